The molecule has 184 valence electrons. The Bertz CT molecular complexity index is 1190. The van der Waals surface area contributed by atoms with Crippen molar-refractivity contribution in [2.75, 3.05) is 25.0 Å². The average Bonchev–Trinajstić information content (AvgIpc) is 3.28. The zero-order valence-corrected chi connectivity index (χ0v) is 21.0. The number of nitrogens with zero attached hydrogens (tertiary/aromatic N) is 3. The second kappa shape index (κ2) is 12.3. The Kier molecular flexibility index (Phi) is 9.14. The van der Waals surface area contributed by atoms with Gasteiger partial charge in [0.1, 0.15) is 5.83 Å². The zero-order chi connectivity index (χ0) is 25.4. The molecule has 2 aliphatic carbocycles. The van der Waals surface area contributed by atoms with Crippen LogP contribution < -0.4 is 4.90 Å². The van der Waals surface area contributed by atoms with E-state index in [9.17, 15) is 9.18 Å². The van der Waals surface area contributed by atoms with Crippen molar-refractivity contribution in [2.45, 2.75) is 52.4 Å². The monoisotopic (exact) mass is 473 g/mol. The van der Waals surface area contributed by atoms with Crippen molar-refractivity contribution in [3.63, 3.8) is 0 Å². The first kappa shape index (κ1) is 26.1. The van der Waals surface area contributed by atoms with E-state index in [0.717, 1.165) is 48.3 Å². The number of hydrogen-bond acceptors (Lipinski definition) is 4. The van der Waals surface area contributed by atoms with E-state index >= 15 is 0 Å². The van der Waals surface area contributed by atoms with Gasteiger partial charge in [0.05, 0.1) is 11.4 Å². The molecule has 4 nitrogen and oxygen atoms in total. The van der Waals surface area contributed by atoms with Gasteiger partial charge in [-0.15, -0.1) is 6.42 Å². The van der Waals surface area contributed by atoms with Crippen molar-refractivity contribution in [3.8, 4) is 12.3 Å². The van der Waals surface area contributed by atoms with Crippen molar-refractivity contribution >= 4 is 17.2 Å². The molecule has 0 saturated carbocycles. The minimum atomic E-state index is -0.383. The molecular formula is C30H36FN3O. The molecule has 0 amide bonds. The van der Waals surface area contributed by atoms with Crippen LogP contribution in [0.1, 0.15) is 52.2 Å². The number of carbonyl (C=O) groups is 1. The van der Waals surface area contributed by atoms with E-state index in [2.05, 4.69) is 39.5 Å². The first-order chi connectivity index (χ1) is 16.8. The van der Waals surface area contributed by atoms with Crippen LogP contribution in [0.4, 0.5) is 10.1 Å². The fraction of sp³-hybridized carbons (Fsp3) is 0.367. The summed E-state index contributed by atoms with van der Waals surface area (Å²) in [5.41, 5.74) is 7.33. The van der Waals surface area contributed by atoms with Crippen LogP contribution in [0.2, 0.25) is 0 Å². The number of terminal acetylenes is 1. The molecule has 5 heteroatoms. The van der Waals surface area contributed by atoms with Crippen LogP contribution in [0.3, 0.4) is 0 Å². The second-order valence-electron chi connectivity index (χ2n) is 9.08. The third kappa shape index (κ3) is 6.76. The zero-order valence-electron chi connectivity index (χ0n) is 21.0. The maximum absolute atomic E-state index is 13.6. The Labute approximate surface area is 210 Å². The fourth-order valence-corrected chi connectivity index (χ4v) is 4.49. The summed E-state index contributed by atoms with van der Waals surface area (Å²) in [6.45, 7) is 9.68. The first-order valence-corrected chi connectivity index (χ1v) is 12.1. The number of aliphatic imine (C=N–C) groups is 1. The number of aromatic nitrogens is 1. The summed E-state index contributed by atoms with van der Waals surface area (Å²) in [4.78, 5) is 22.5. The number of fused-ring (bicyclic) bond motifs is 1. The summed E-state index contributed by atoms with van der Waals surface area (Å²) in [6, 6.07) is 2.14. The average molecular weight is 474 g/mol. The number of carbonyl (C=O) groups excluding carboxylic acids is 1. The third-order valence-corrected chi connectivity index (χ3v) is 6.32. The number of halogens is 1. The van der Waals surface area contributed by atoms with Gasteiger partial charge in [-0.1, -0.05) is 30.2 Å². The number of allylic oxidation sites excluding steroid dienone is 9. The van der Waals surface area contributed by atoms with Crippen molar-refractivity contribution in [2.24, 2.45) is 4.99 Å². The number of ketones is 1. The Morgan fingerprint density at radius 3 is 2.71 bits per heavy atom. The van der Waals surface area contributed by atoms with Crippen LogP contribution in [-0.4, -0.2) is 36.6 Å². The van der Waals surface area contributed by atoms with Crippen molar-refractivity contribution < 1.29 is 10.6 Å². The second-order valence-corrected chi connectivity index (χ2v) is 9.08. The molecule has 4 rings (SSSR count). The van der Waals surface area contributed by atoms with E-state index in [1.165, 1.54) is 30.2 Å². The van der Waals surface area contributed by atoms with E-state index in [1.807, 2.05) is 19.2 Å². The third-order valence-electron chi connectivity index (χ3n) is 6.32. The van der Waals surface area contributed by atoms with Crippen LogP contribution in [-0.2, 0) is 17.6 Å². The molecule has 0 bridgehead atoms. The summed E-state index contributed by atoms with van der Waals surface area (Å²) in [6.07, 6.45) is 20.1. The molecule has 0 aromatic carbocycles. The van der Waals surface area contributed by atoms with Gasteiger partial charge in [0.2, 0.25) is 0 Å². The van der Waals surface area contributed by atoms with E-state index in [1.54, 1.807) is 20.0 Å². The van der Waals surface area contributed by atoms with Crippen LogP contribution >= 0.6 is 0 Å². The summed E-state index contributed by atoms with van der Waals surface area (Å²) >= 11 is 0. The van der Waals surface area contributed by atoms with Gasteiger partial charge in [-0.2, -0.15) is 0 Å². The summed E-state index contributed by atoms with van der Waals surface area (Å²) in [7, 11) is 1.56. The molecule has 1 fully saturated rings. The van der Waals surface area contributed by atoms with E-state index in [0.29, 0.717) is 24.1 Å². The van der Waals surface area contributed by atoms with Crippen LogP contribution in [0.25, 0.3) is 0 Å². The topological polar surface area (TPSA) is 45.6 Å². The van der Waals surface area contributed by atoms with E-state index in [-0.39, 0.29) is 13.0 Å². The highest BCUT2D eigenvalue weighted by atomic mass is 19.1. The maximum Gasteiger partial charge on any atom is 0.155 e. The predicted octanol–water partition coefficient (Wildman–Crippen LogP) is 6.31. The molecule has 0 spiro atoms. The molecular weight excluding hydrogens is 437 g/mol. The highest BCUT2D eigenvalue weighted by molar-refractivity contribution is 6.14. The lowest BCUT2D eigenvalue weighted by molar-refractivity contribution is -0.113. The van der Waals surface area contributed by atoms with Crippen LogP contribution in [0, 0.1) is 12.3 Å². The number of anilines is 1. The highest BCUT2D eigenvalue weighted by Gasteiger charge is 2.21. The predicted molar refractivity (Wildman–Crippen MR) is 146 cm³/mol. The molecule has 1 saturated heterocycles. The molecule has 0 N–H and O–H groups in total. The molecule has 2 heterocycles. The van der Waals surface area contributed by atoms with Crippen LogP contribution in [0.5, 0.6) is 0 Å². The molecule has 0 atom stereocenters. The molecule has 0 unspecified atom stereocenters. The normalized spacial score (nSPS) is 19.5. The number of hydrogen-bond donors (Lipinski definition) is 0. The Morgan fingerprint density at radius 1 is 1.34 bits per heavy atom. The lowest BCUT2D eigenvalue weighted by Crippen LogP contribution is -2.20. The smallest absolute Gasteiger partial charge is 0.155 e. The minimum Gasteiger partial charge on any atom is -0.371 e. The SMILES string of the molecule is C#CC1=C/C(=C/CC(=C)C)C(=NC)C(F)=C1.CC(=O)C1=CCCc2c(N3CCCC3)ccnc2C1.[HH]. The first-order valence-electron chi connectivity index (χ1n) is 12.1. The van der Waals surface area contributed by atoms with Crippen LogP contribution in [0.15, 0.2) is 76.3 Å². The van der Waals surface area contributed by atoms with Crippen molar-refractivity contribution in [1.29, 1.82) is 0 Å². The number of pyridine rings is 1. The van der Waals surface area contributed by atoms with E-state index in [4.69, 9.17) is 6.42 Å². The Morgan fingerprint density at radius 2 is 2.09 bits per heavy atom. The summed E-state index contributed by atoms with van der Waals surface area (Å²) in [5, 5.41) is 0. The van der Waals surface area contributed by atoms with Gasteiger partial charge in [0.15, 0.2) is 5.78 Å². The highest BCUT2D eigenvalue weighted by Crippen LogP contribution is 2.30. The number of rotatable bonds is 4. The van der Waals surface area contributed by atoms with E-state index < -0.39 is 0 Å². The maximum atomic E-state index is 13.6. The van der Waals surface area contributed by atoms with Gasteiger partial charge in [-0.05, 0) is 75.3 Å². The van der Waals surface area contributed by atoms with Gasteiger partial charge >= 0.3 is 0 Å². The molecule has 1 aromatic heterocycles. The van der Waals surface area contributed by atoms with Crippen molar-refractivity contribution in [3.05, 3.63) is 82.5 Å². The molecule has 1 aliphatic heterocycles. The summed E-state index contributed by atoms with van der Waals surface area (Å²) in [5.74, 6) is 2.22. The van der Waals surface area contributed by atoms with Gasteiger partial charge in [-0.3, -0.25) is 14.8 Å². The van der Waals surface area contributed by atoms with Gasteiger partial charge < -0.3 is 4.90 Å². The molecule has 0 radical (unpaired) electrons. The Hall–Kier alpha value is -3.52. The molecule has 3 aliphatic rings. The Balaban J connectivity index is 0.000000251. The molecule has 1 aromatic rings. The number of Topliss-reactive ketones (excluding diaryl/α,β-unsaturated/α-hetero) is 1. The fourth-order valence-electron chi connectivity index (χ4n) is 4.49. The molecule has 35 heavy (non-hydrogen) atoms. The lowest BCUT2D eigenvalue weighted by Gasteiger charge is -2.22. The van der Waals surface area contributed by atoms with Gasteiger partial charge in [0, 0.05) is 51.0 Å². The summed E-state index contributed by atoms with van der Waals surface area (Å²) < 4.78 is 13.6. The van der Waals surface area contributed by atoms with Crippen molar-refractivity contribution in [1.82, 2.24) is 4.98 Å². The minimum absolute atomic E-state index is 0. The van der Waals surface area contributed by atoms with Gasteiger partial charge in [0.25, 0.3) is 0 Å². The quantitative estimate of drug-likeness (QED) is 0.380. The largest absolute Gasteiger partial charge is 0.371 e. The van der Waals surface area contributed by atoms with Gasteiger partial charge in [-0.25, -0.2) is 4.39 Å². The standard InChI is InChI=1S/C16H20N2O.C14H14FN.H2/c1-12(19)13-5-4-6-14-15(11-13)17-8-7-16(14)18-9-2-3-10-18;1-5-11-8-12(7-6-10(2)3)14(16-4)13(15)9-11;/h5,7-8H,2-4,6,9-11H2,1H3;1,7-9H,2,6H2,3-4H3;1H/b;12-7-,16-14?;. The lowest BCUT2D eigenvalue weighted by atomic mass is 9.97.